The predicted molar refractivity (Wildman–Crippen MR) is 87.3 cm³/mol. The summed E-state index contributed by atoms with van der Waals surface area (Å²) in [5, 5.41) is 13.7. The molecule has 0 amide bonds. The molecule has 0 aromatic heterocycles. The minimum Gasteiger partial charge on any atom is -0.491 e. The second kappa shape index (κ2) is 7.91. The Hall–Kier alpha value is -1.71. The molecule has 0 aliphatic rings. The normalized spacial score (nSPS) is 12.0. The van der Waals surface area contributed by atoms with E-state index in [0.29, 0.717) is 11.6 Å². The van der Waals surface area contributed by atoms with Crippen molar-refractivity contribution in [3.05, 3.63) is 59.1 Å². The van der Waals surface area contributed by atoms with E-state index < -0.39 is 6.10 Å². The van der Waals surface area contributed by atoms with Gasteiger partial charge in [-0.1, -0.05) is 30.7 Å². The molecule has 0 radical (unpaired) electrons. The maximum atomic E-state index is 9.91. The number of hydrogen-bond donors (Lipinski definition) is 2. The van der Waals surface area contributed by atoms with Gasteiger partial charge >= 0.3 is 0 Å². The third-order valence-electron chi connectivity index (χ3n) is 3.16. The van der Waals surface area contributed by atoms with Crippen molar-refractivity contribution in [1.29, 1.82) is 0 Å². The summed E-state index contributed by atoms with van der Waals surface area (Å²) in [6.45, 7) is 2.79. The molecule has 112 valence electrons. The first-order valence-corrected chi connectivity index (χ1v) is 7.44. The van der Waals surface area contributed by atoms with Crippen molar-refractivity contribution in [3.63, 3.8) is 0 Å². The predicted octanol–water partition coefficient (Wildman–Crippen LogP) is 3.75. The molecule has 0 saturated carbocycles. The fourth-order valence-corrected chi connectivity index (χ4v) is 2.00. The van der Waals surface area contributed by atoms with E-state index >= 15 is 0 Å². The second-order valence-corrected chi connectivity index (χ2v) is 5.29. The van der Waals surface area contributed by atoms with Crippen LogP contribution in [0.25, 0.3) is 0 Å². The van der Waals surface area contributed by atoms with Crippen LogP contribution < -0.4 is 10.1 Å². The van der Waals surface area contributed by atoms with E-state index in [9.17, 15) is 5.11 Å². The molecular formula is C17H20ClNO2. The molecule has 0 aliphatic heterocycles. The van der Waals surface area contributed by atoms with Gasteiger partial charge in [-0.25, -0.2) is 0 Å². The van der Waals surface area contributed by atoms with Crippen LogP contribution in [-0.4, -0.2) is 24.4 Å². The highest BCUT2D eigenvalue weighted by Gasteiger charge is 2.05. The highest BCUT2D eigenvalue weighted by Crippen LogP contribution is 2.14. The molecule has 4 heteroatoms. The van der Waals surface area contributed by atoms with E-state index in [1.54, 1.807) is 0 Å². The van der Waals surface area contributed by atoms with E-state index in [1.165, 1.54) is 5.56 Å². The van der Waals surface area contributed by atoms with Crippen molar-refractivity contribution in [3.8, 4) is 5.75 Å². The van der Waals surface area contributed by atoms with Gasteiger partial charge in [0.1, 0.15) is 18.5 Å². The summed E-state index contributed by atoms with van der Waals surface area (Å²) in [5.74, 6) is 0.776. The molecule has 1 atom stereocenters. The average Bonchev–Trinajstić information content (AvgIpc) is 2.53. The standard InChI is InChI=1S/C17H20ClNO2/c1-2-13-3-9-17(10-4-13)21-12-16(20)11-19-15-7-5-14(18)6-8-15/h3-10,16,19-20H,2,11-12H2,1H3. The van der Waals surface area contributed by atoms with Crippen LogP contribution in [0.4, 0.5) is 5.69 Å². The summed E-state index contributed by atoms with van der Waals surface area (Å²) in [5.41, 5.74) is 2.19. The van der Waals surface area contributed by atoms with Crippen molar-refractivity contribution >= 4 is 17.3 Å². The van der Waals surface area contributed by atoms with E-state index in [1.807, 2.05) is 48.5 Å². The van der Waals surface area contributed by atoms with Gasteiger partial charge in [-0.3, -0.25) is 0 Å². The Kier molecular flexibility index (Phi) is 5.90. The monoisotopic (exact) mass is 305 g/mol. The van der Waals surface area contributed by atoms with Gasteiger partial charge in [-0.15, -0.1) is 0 Å². The largest absolute Gasteiger partial charge is 0.491 e. The van der Waals surface area contributed by atoms with Crippen molar-refractivity contribution in [2.24, 2.45) is 0 Å². The third-order valence-corrected chi connectivity index (χ3v) is 3.41. The van der Waals surface area contributed by atoms with E-state index in [2.05, 4.69) is 12.2 Å². The van der Waals surface area contributed by atoms with Crippen molar-refractivity contribution in [2.75, 3.05) is 18.5 Å². The van der Waals surface area contributed by atoms with Crippen LogP contribution in [0, 0.1) is 0 Å². The zero-order valence-electron chi connectivity index (χ0n) is 12.1. The highest BCUT2D eigenvalue weighted by atomic mass is 35.5. The maximum Gasteiger partial charge on any atom is 0.119 e. The number of nitrogens with one attached hydrogen (secondary N) is 1. The molecule has 0 heterocycles. The molecular weight excluding hydrogens is 286 g/mol. The molecule has 0 bridgehead atoms. The van der Waals surface area contributed by atoms with Gasteiger partial charge in [0.2, 0.25) is 0 Å². The third kappa shape index (κ3) is 5.29. The average molecular weight is 306 g/mol. The number of hydrogen-bond acceptors (Lipinski definition) is 3. The summed E-state index contributed by atoms with van der Waals surface area (Å²) in [6.07, 6.45) is 0.431. The van der Waals surface area contributed by atoms with Gasteiger partial charge < -0.3 is 15.2 Å². The Bertz CT molecular complexity index is 540. The number of halogens is 1. The lowest BCUT2D eigenvalue weighted by molar-refractivity contribution is 0.117. The molecule has 0 fully saturated rings. The smallest absolute Gasteiger partial charge is 0.119 e. The Morgan fingerprint density at radius 2 is 1.76 bits per heavy atom. The minimum absolute atomic E-state index is 0.256. The number of ether oxygens (including phenoxy) is 1. The molecule has 2 N–H and O–H groups in total. The first kappa shape index (κ1) is 15.7. The number of rotatable bonds is 7. The molecule has 0 saturated heterocycles. The molecule has 3 nitrogen and oxygen atoms in total. The Balaban J connectivity index is 1.73. The zero-order chi connectivity index (χ0) is 15.1. The van der Waals surface area contributed by atoms with Gasteiger partial charge in [-0.05, 0) is 48.4 Å². The van der Waals surface area contributed by atoms with Crippen LogP contribution in [0.15, 0.2) is 48.5 Å². The SMILES string of the molecule is CCc1ccc(OCC(O)CNc2ccc(Cl)cc2)cc1. The molecule has 0 spiro atoms. The van der Waals surface area contributed by atoms with Crippen molar-refractivity contribution in [1.82, 2.24) is 0 Å². The van der Waals surface area contributed by atoms with E-state index in [0.717, 1.165) is 17.9 Å². The topological polar surface area (TPSA) is 41.5 Å². The van der Waals surface area contributed by atoms with E-state index in [4.69, 9.17) is 16.3 Å². The van der Waals surface area contributed by atoms with Gasteiger partial charge in [0.15, 0.2) is 0 Å². The Morgan fingerprint density at radius 3 is 2.38 bits per heavy atom. The lowest BCUT2D eigenvalue weighted by Gasteiger charge is -2.14. The summed E-state index contributed by atoms with van der Waals surface area (Å²) in [6, 6.07) is 15.3. The Morgan fingerprint density at radius 1 is 1.10 bits per heavy atom. The molecule has 2 rings (SSSR count). The second-order valence-electron chi connectivity index (χ2n) is 4.85. The quantitative estimate of drug-likeness (QED) is 0.818. The number of aliphatic hydroxyl groups is 1. The molecule has 21 heavy (non-hydrogen) atoms. The molecule has 2 aromatic rings. The zero-order valence-corrected chi connectivity index (χ0v) is 12.8. The summed E-state index contributed by atoms with van der Waals surface area (Å²) in [4.78, 5) is 0. The lowest BCUT2D eigenvalue weighted by atomic mass is 10.2. The summed E-state index contributed by atoms with van der Waals surface area (Å²) in [7, 11) is 0. The van der Waals surface area contributed by atoms with Crippen molar-refractivity contribution in [2.45, 2.75) is 19.4 Å². The molecule has 0 aliphatic carbocycles. The fraction of sp³-hybridized carbons (Fsp3) is 0.294. The van der Waals surface area contributed by atoms with Gasteiger partial charge in [0.05, 0.1) is 0 Å². The highest BCUT2D eigenvalue weighted by molar-refractivity contribution is 6.30. The van der Waals surface area contributed by atoms with Gasteiger partial charge in [0, 0.05) is 17.3 Å². The summed E-state index contributed by atoms with van der Waals surface area (Å²) >= 11 is 5.82. The molecule has 2 aromatic carbocycles. The van der Waals surface area contributed by atoms with Crippen molar-refractivity contribution < 1.29 is 9.84 Å². The first-order chi connectivity index (χ1) is 10.2. The number of aryl methyl sites for hydroxylation is 1. The summed E-state index contributed by atoms with van der Waals surface area (Å²) < 4.78 is 5.56. The fourth-order valence-electron chi connectivity index (χ4n) is 1.88. The minimum atomic E-state index is -0.577. The van der Waals surface area contributed by atoms with Crippen LogP contribution >= 0.6 is 11.6 Å². The Labute approximate surface area is 130 Å². The van der Waals surface area contributed by atoms with Gasteiger partial charge in [-0.2, -0.15) is 0 Å². The van der Waals surface area contributed by atoms with Crippen LogP contribution in [0.3, 0.4) is 0 Å². The van der Waals surface area contributed by atoms with Crippen LogP contribution in [0.5, 0.6) is 5.75 Å². The van der Waals surface area contributed by atoms with Gasteiger partial charge in [0.25, 0.3) is 0 Å². The van der Waals surface area contributed by atoms with Crippen LogP contribution in [0.1, 0.15) is 12.5 Å². The number of benzene rings is 2. The first-order valence-electron chi connectivity index (χ1n) is 7.06. The lowest BCUT2D eigenvalue weighted by Crippen LogP contribution is -2.26. The molecule has 1 unspecified atom stereocenters. The number of aliphatic hydroxyl groups excluding tert-OH is 1. The number of anilines is 1. The van der Waals surface area contributed by atoms with E-state index in [-0.39, 0.29) is 6.61 Å². The maximum absolute atomic E-state index is 9.91. The van der Waals surface area contributed by atoms with Crippen LogP contribution in [0.2, 0.25) is 5.02 Å². The van der Waals surface area contributed by atoms with Crippen LogP contribution in [-0.2, 0) is 6.42 Å².